The van der Waals surface area contributed by atoms with Crippen LogP contribution in [0.2, 0.25) is 0 Å². The van der Waals surface area contributed by atoms with E-state index in [1.165, 1.54) is 24.9 Å². The average Bonchev–Trinajstić information content (AvgIpc) is 2.98. The minimum Gasteiger partial charge on any atom is -0.382 e. The molecule has 2 aromatic rings. The van der Waals surface area contributed by atoms with Gasteiger partial charge in [0.25, 0.3) is 0 Å². The maximum atomic E-state index is 4.14. The van der Waals surface area contributed by atoms with E-state index >= 15 is 0 Å². The minimum atomic E-state index is 0.584. The summed E-state index contributed by atoms with van der Waals surface area (Å²) in [5.41, 5.74) is 2.23. The zero-order valence-electron chi connectivity index (χ0n) is 12.2. The lowest BCUT2D eigenvalue weighted by Crippen LogP contribution is -2.37. The van der Waals surface area contributed by atoms with Gasteiger partial charge in [-0.05, 0) is 48.9 Å². The highest BCUT2D eigenvalue weighted by Gasteiger charge is 2.27. The van der Waals surface area contributed by atoms with Crippen LogP contribution in [0.5, 0.6) is 0 Å². The van der Waals surface area contributed by atoms with Crippen LogP contribution in [0, 0.1) is 11.8 Å². The van der Waals surface area contributed by atoms with Crippen LogP contribution in [0.4, 0.5) is 5.69 Å². The molecule has 1 aliphatic carbocycles. The lowest BCUT2D eigenvalue weighted by Gasteiger charge is -2.35. The smallest absolute Gasteiger partial charge is 0.138 e. The Hall–Kier alpha value is -1.84. The molecule has 0 spiro atoms. The Bertz CT molecular complexity index is 522. The van der Waals surface area contributed by atoms with Crippen molar-refractivity contribution in [1.82, 2.24) is 14.8 Å². The molecule has 0 radical (unpaired) electrons. The third-order valence-corrected chi connectivity index (χ3v) is 4.43. The van der Waals surface area contributed by atoms with Gasteiger partial charge in [0, 0.05) is 11.7 Å². The number of hydrogen-bond donors (Lipinski definition) is 1. The standard InChI is InChI=1S/C16H22N4/c1-12-4-3-5-13(2)16(12)19-14-6-8-15(9-7-14)20-11-17-10-18-20/h6-13,16,19H,3-5H2,1-2H3. The predicted molar refractivity (Wildman–Crippen MR) is 80.9 cm³/mol. The number of nitrogens with zero attached hydrogens (tertiary/aromatic N) is 3. The second-order valence-corrected chi connectivity index (χ2v) is 5.94. The molecule has 1 aromatic carbocycles. The maximum absolute atomic E-state index is 4.14. The number of anilines is 1. The quantitative estimate of drug-likeness (QED) is 0.928. The highest BCUT2D eigenvalue weighted by molar-refractivity contribution is 5.49. The number of nitrogens with one attached hydrogen (secondary N) is 1. The summed E-state index contributed by atoms with van der Waals surface area (Å²) in [5, 5.41) is 7.85. The van der Waals surface area contributed by atoms with E-state index < -0.39 is 0 Å². The molecule has 0 aliphatic heterocycles. The Morgan fingerprint density at radius 3 is 2.40 bits per heavy atom. The minimum absolute atomic E-state index is 0.584. The van der Waals surface area contributed by atoms with E-state index in [0.717, 1.165) is 17.5 Å². The van der Waals surface area contributed by atoms with E-state index in [4.69, 9.17) is 0 Å². The van der Waals surface area contributed by atoms with Crippen LogP contribution in [-0.2, 0) is 0 Å². The third-order valence-electron chi connectivity index (χ3n) is 4.43. The SMILES string of the molecule is CC1CCCC(C)C1Nc1ccc(-n2cncn2)cc1. The van der Waals surface area contributed by atoms with Crippen molar-refractivity contribution in [2.45, 2.75) is 39.2 Å². The first-order chi connectivity index (χ1) is 9.74. The highest BCUT2D eigenvalue weighted by atomic mass is 15.3. The van der Waals surface area contributed by atoms with E-state index in [2.05, 4.69) is 53.5 Å². The predicted octanol–water partition coefficient (Wildman–Crippen LogP) is 3.50. The van der Waals surface area contributed by atoms with E-state index in [0.29, 0.717) is 6.04 Å². The van der Waals surface area contributed by atoms with Crippen LogP contribution in [0.15, 0.2) is 36.9 Å². The zero-order chi connectivity index (χ0) is 13.9. The summed E-state index contributed by atoms with van der Waals surface area (Å²) < 4.78 is 1.77. The van der Waals surface area contributed by atoms with Crippen molar-refractivity contribution in [3.63, 3.8) is 0 Å². The molecular weight excluding hydrogens is 248 g/mol. The fourth-order valence-electron chi connectivity index (χ4n) is 3.21. The molecule has 0 saturated heterocycles. The second kappa shape index (κ2) is 5.65. The molecule has 4 heteroatoms. The van der Waals surface area contributed by atoms with Crippen molar-refractivity contribution in [2.24, 2.45) is 11.8 Å². The fourth-order valence-corrected chi connectivity index (χ4v) is 3.21. The van der Waals surface area contributed by atoms with Crippen LogP contribution >= 0.6 is 0 Å². The Kier molecular flexibility index (Phi) is 3.72. The van der Waals surface area contributed by atoms with Crippen LogP contribution in [0.1, 0.15) is 33.1 Å². The first-order valence-corrected chi connectivity index (χ1v) is 7.45. The van der Waals surface area contributed by atoms with Crippen LogP contribution in [-0.4, -0.2) is 20.8 Å². The Morgan fingerprint density at radius 1 is 1.10 bits per heavy atom. The van der Waals surface area contributed by atoms with E-state index in [9.17, 15) is 0 Å². The van der Waals surface area contributed by atoms with Gasteiger partial charge in [-0.1, -0.05) is 20.3 Å². The van der Waals surface area contributed by atoms with Gasteiger partial charge in [0.05, 0.1) is 5.69 Å². The molecule has 2 atom stereocenters. The molecule has 1 aromatic heterocycles. The van der Waals surface area contributed by atoms with E-state index in [-0.39, 0.29) is 0 Å². The molecule has 2 unspecified atom stereocenters. The largest absolute Gasteiger partial charge is 0.382 e. The summed E-state index contributed by atoms with van der Waals surface area (Å²) in [6, 6.07) is 9.00. The van der Waals surface area contributed by atoms with Crippen molar-refractivity contribution in [3.05, 3.63) is 36.9 Å². The molecule has 1 N–H and O–H groups in total. The van der Waals surface area contributed by atoms with Crippen LogP contribution in [0.25, 0.3) is 5.69 Å². The summed E-state index contributed by atoms with van der Waals surface area (Å²) in [6.07, 6.45) is 7.30. The van der Waals surface area contributed by atoms with Gasteiger partial charge in [0.2, 0.25) is 0 Å². The second-order valence-electron chi connectivity index (χ2n) is 5.94. The van der Waals surface area contributed by atoms with Gasteiger partial charge >= 0.3 is 0 Å². The molecule has 106 valence electrons. The summed E-state index contributed by atoms with van der Waals surface area (Å²) in [7, 11) is 0. The van der Waals surface area contributed by atoms with Crippen molar-refractivity contribution >= 4 is 5.69 Å². The number of hydrogen-bond acceptors (Lipinski definition) is 3. The molecule has 3 rings (SSSR count). The normalized spacial score (nSPS) is 26.4. The Morgan fingerprint density at radius 2 is 1.80 bits per heavy atom. The van der Waals surface area contributed by atoms with Gasteiger partial charge in [0.1, 0.15) is 12.7 Å². The summed E-state index contributed by atoms with van der Waals surface area (Å²) in [5.74, 6) is 1.49. The summed E-state index contributed by atoms with van der Waals surface area (Å²) in [6.45, 7) is 4.72. The van der Waals surface area contributed by atoms with Crippen LogP contribution in [0.3, 0.4) is 0 Å². The molecule has 0 bridgehead atoms. The molecule has 1 aliphatic rings. The van der Waals surface area contributed by atoms with Crippen LogP contribution < -0.4 is 5.32 Å². The van der Waals surface area contributed by atoms with E-state index in [1.807, 2.05) is 0 Å². The van der Waals surface area contributed by atoms with Crippen molar-refractivity contribution in [1.29, 1.82) is 0 Å². The molecule has 1 fully saturated rings. The van der Waals surface area contributed by atoms with Gasteiger partial charge < -0.3 is 5.32 Å². The average molecular weight is 270 g/mol. The molecule has 4 nitrogen and oxygen atoms in total. The Balaban J connectivity index is 1.71. The number of benzene rings is 1. The van der Waals surface area contributed by atoms with Crippen molar-refractivity contribution < 1.29 is 0 Å². The van der Waals surface area contributed by atoms with Gasteiger partial charge in [-0.3, -0.25) is 0 Å². The lowest BCUT2D eigenvalue weighted by atomic mass is 9.78. The van der Waals surface area contributed by atoms with Crippen molar-refractivity contribution in [2.75, 3.05) is 5.32 Å². The molecule has 1 saturated carbocycles. The van der Waals surface area contributed by atoms with Crippen molar-refractivity contribution in [3.8, 4) is 5.69 Å². The molecule has 1 heterocycles. The highest BCUT2D eigenvalue weighted by Crippen LogP contribution is 2.31. The van der Waals surface area contributed by atoms with Gasteiger partial charge in [0.15, 0.2) is 0 Å². The number of rotatable bonds is 3. The zero-order valence-corrected chi connectivity index (χ0v) is 12.2. The maximum Gasteiger partial charge on any atom is 0.138 e. The molecule has 0 amide bonds. The van der Waals surface area contributed by atoms with E-state index in [1.54, 1.807) is 17.3 Å². The van der Waals surface area contributed by atoms with Gasteiger partial charge in [-0.2, -0.15) is 5.10 Å². The summed E-state index contributed by atoms with van der Waals surface area (Å²) >= 11 is 0. The first kappa shape index (κ1) is 13.2. The fraction of sp³-hybridized carbons (Fsp3) is 0.500. The third kappa shape index (κ3) is 2.69. The molecular formula is C16H22N4. The monoisotopic (exact) mass is 270 g/mol. The van der Waals surface area contributed by atoms with Gasteiger partial charge in [-0.25, -0.2) is 9.67 Å². The topological polar surface area (TPSA) is 42.7 Å². The van der Waals surface area contributed by atoms with Gasteiger partial charge in [-0.15, -0.1) is 0 Å². The first-order valence-electron chi connectivity index (χ1n) is 7.45. The Labute approximate surface area is 120 Å². The number of aromatic nitrogens is 3. The summed E-state index contributed by atoms with van der Waals surface area (Å²) in [4.78, 5) is 3.97. The molecule has 20 heavy (non-hydrogen) atoms. The lowest BCUT2D eigenvalue weighted by molar-refractivity contribution is 0.268.